The number of ether oxygens (including phenoxy) is 1. The molecule has 0 aliphatic carbocycles. The van der Waals surface area contributed by atoms with E-state index in [1.54, 1.807) is 55.9 Å². The zero-order chi connectivity index (χ0) is 30.3. The van der Waals surface area contributed by atoms with Gasteiger partial charge in [0.2, 0.25) is 0 Å². The van der Waals surface area contributed by atoms with Gasteiger partial charge < -0.3 is 30.9 Å². The fraction of sp³-hybridized carbons (Fsp3) is 0.346. The smallest absolute Gasteiger partial charge is 0.496 e. The number of carbonyl (C=O) groups is 2. The Hall–Kier alpha value is -4.61. The number of methoxy groups -OCH3 is 1. The van der Waals surface area contributed by atoms with Crippen molar-refractivity contribution in [1.29, 1.82) is 0 Å². The Balaban J connectivity index is -0.000000446. The van der Waals surface area contributed by atoms with Crippen LogP contribution in [0.25, 0.3) is 10.8 Å². The molecule has 3 rings (SSSR count). The minimum absolute atomic E-state index is 0.103. The van der Waals surface area contributed by atoms with Crippen molar-refractivity contribution in [3.63, 3.8) is 0 Å². The van der Waals surface area contributed by atoms with Crippen molar-refractivity contribution >= 4 is 34.5 Å². The molecule has 38 heavy (non-hydrogen) atoms. The van der Waals surface area contributed by atoms with Crippen molar-refractivity contribution in [3.05, 3.63) is 71.0 Å². The van der Waals surface area contributed by atoms with Gasteiger partial charge in [-0.1, -0.05) is 59.7 Å². The number of nitro groups is 1. The third-order valence-corrected chi connectivity index (χ3v) is 2.96. The Morgan fingerprint density at radius 1 is 0.842 bits per heavy atom. The average molecular weight is 538 g/mol. The maximum atomic E-state index is 10.8. The van der Waals surface area contributed by atoms with Crippen LogP contribution in [0.5, 0.6) is 5.75 Å². The molecule has 0 spiro atoms. The molecule has 0 unspecified atom stereocenters. The lowest BCUT2D eigenvalue weighted by Gasteiger charge is -2.04. The Labute approximate surface area is 222 Å². The number of nitrogens with zero attached hydrogens (tertiary/aromatic N) is 2. The molecule has 6 N–H and O–H groups in total. The van der Waals surface area contributed by atoms with Gasteiger partial charge in [0.05, 0.1) is 23.1 Å². The van der Waals surface area contributed by atoms with E-state index in [1.807, 2.05) is 6.07 Å². The molecular formula is C26H39N3O9. The Bertz CT molecular complexity index is 1030. The molecule has 0 saturated heterocycles. The van der Waals surface area contributed by atoms with Gasteiger partial charge in [0.15, 0.2) is 0 Å². The monoisotopic (exact) mass is 537 g/mol. The van der Waals surface area contributed by atoms with Crippen LogP contribution < -0.4 is 10.5 Å². The van der Waals surface area contributed by atoms with Gasteiger partial charge in [-0.05, 0) is 36.1 Å². The van der Waals surface area contributed by atoms with E-state index in [2.05, 4.69) is 46.5 Å². The van der Waals surface area contributed by atoms with E-state index in [9.17, 15) is 10.1 Å². The van der Waals surface area contributed by atoms with Crippen LogP contribution in [0.15, 0.2) is 60.9 Å². The van der Waals surface area contributed by atoms with Crippen molar-refractivity contribution in [2.24, 2.45) is 11.8 Å². The van der Waals surface area contributed by atoms with Gasteiger partial charge in [-0.2, -0.15) is 0 Å². The van der Waals surface area contributed by atoms with E-state index in [0.717, 1.165) is 17.2 Å². The highest BCUT2D eigenvalue weighted by atomic mass is 16.6. The number of nitrogens with two attached hydrogens (primary N) is 1. The van der Waals surface area contributed by atoms with E-state index in [0.29, 0.717) is 16.8 Å². The minimum atomic E-state index is -1.83. The number of benzene rings is 2. The molecule has 2 aromatic carbocycles. The van der Waals surface area contributed by atoms with Crippen molar-refractivity contribution < 1.29 is 39.7 Å². The van der Waals surface area contributed by atoms with E-state index in [-0.39, 0.29) is 10.6 Å². The van der Waals surface area contributed by atoms with E-state index < -0.39 is 12.3 Å². The van der Waals surface area contributed by atoms with E-state index in [1.165, 1.54) is 6.07 Å². The molecule has 0 radical (unpaired) electrons. The first-order valence-electron chi connectivity index (χ1n) is 11.3. The molecule has 1 heterocycles. The summed E-state index contributed by atoms with van der Waals surface area (Å²) in [5, 5.41) is 40.0. The summed E-state index contributed by atoms with van der Waals surface area (Å²) in [6.45, 7) is 13.0. The van der Waals surface area contributed by atoms with E-state index in [4.69, 9.17) is 40.5 Å². The number of aromatic nitrogens is 1. The summed E-state index contributed by atoms with van der Waals surface area (Å²) in [5.41, 5.74) is 6.11. The number of hydrogen-bond donors (Lipinski definition) is 5. The summed E-state index contributed by atoms with van der Waals surface area (Å²) in [5.74, 6) is 2.32. The third kappa shape index (κ3) is 26.0. The molecule has 12 heteroatoms. The van der Waals surface area contributed by atoms with Crippen LogP contribution >= 0.6 is 0 Å². The van der Waals surface area contributed by atoms with Crippen LogP contribution in [-0.2, 0) is 0 Å². The van der Waals surface area contributed by atoms with Crippen LogP contribution in [0.2, 0.25) is 0 Å². The quantitative estimate of drug-likeness (QED) is 0.163. The number of nitrogen functional groups attached to an aromatic ring is 1. The largest absolute Gasteiger partial charge is 0.503 e. The Kier molecular flexibility index (Phi) is 22.8. The van der Waals surface area contributed by atoms with Crippen molar-refractivity contribution in [3.8, 4) is 5.75 Å². The first kappa shape index (κ1) is 37.9. The summed E-state index contributed by atoms with van der Waals surface area (Å²) in [6, 6.07) is 13.8. The molecule has 1 aromatic heterocycles. The lowest BCUT2D eigenvalue weighted by atomic mass is 10.1. The molecule has 0 saturated carbocycles. The average Bonchev–Trinajstić information content (AvgIpc) is 2.77. The summed E-state index contributed by atoms with van der Waals surface area (Å²) in [7, 11) is 1.55. The van der Waals surface area contributed by atoms with Crippen LogP contribution in [-0.4, -0.2) is 49.8 Å². The number of nitro benzene ring substituents is 1. The molecule has 12 nitrogen and oxygen atoms in total. The molecule has 0 aliphatic heterocycles. The van der Waals surface area contributed by atoms with Crippen LogP contribution in [0.3, 0.4) is 0 Å². The first-order chi connectivity index (χ1) is 17.6. The molecule has 0 fully saturated rings. The van der Waals surface area contributed by atoms with Crippen LogP contribution in [0.4, 0.5) is 21.0 Å². The number of rotatable bonds is 2. The van der Waals surface area contributed by atoms with Gasteiger partial charge in [-0.3, -0.25) is 15.1 Å². The van der Waals surface area contributed by atoms with Gasteiger partial charge in [0.1, 0.15) is 5.75 Å². The Morgan fingerprint density at radius 3 is 1.55 bits per heavy atom. The number of fused-ring (bicyclic) bond motifs is 1. The lowest BCUT2D eigenvalue weighted by molar-refractivity contribution is -0.383. The normalized spacial score (nSPS) is 8.76. The van der Waals surface area contributed by atoms with E-state index >= 15 is 0 Å². The van der Waals surface area contributed by atoms with Crippen LogP contribution in [0, 0.1) is 22.0 Å². The highest BCUT2D eigenvalue weighted by Crippen LogP contribution is 2.32. The summed E-state index contributed by atoms with van der Waals surface area (Å²) in [6.07, 6.45) is -0.365. The summed E-state index contributed by atoms with van der Waals surface area (Å²) >= 11 is 0. The number of pyridine rings is 1. The second-order valence-corrected chi connectivity index (χ2v) is 8.41. The number of carboxylic acid groups (broad SMARTS) is 4. The second-order valence-electron chi connectivity index (χ2n) is 8.41. The maximum absolute atomic E-state index is 10.8. The highest BCUT2D eigenvalue weighted by molar-refractivity contribution is 5.95. The zero-order valence-electron chi connectivity index (χ0n) is 22.7. The highest BCUT2D eigenvalue weighted by Gasteiger charge is 2.13. The van der Waals surface area contributed by atoms with Crippen LogP contribution in [0.1, 0.15) is 41.5 Å². The standard InChI is InChI=1S/C11H9NO3.C5H6N2.2C4H10.2CH2O3/c1-15-11-7-6-10(12(13)14)8-4-2-3-5-9(8)11;6-5-2-1-3-7-4-5;2*1-4(2)3;2*2-1(3)4/h2-7H,1H3;1-4H,6H2;2*4H,1-3H3;2*(H2,2,3,4). The molecule has 212 valence electrons. The fourth-order valence-electron chi connectivity index (χ4n) is 1.97. The molecule has 3 aromatic rings. The van der Waals surface area contributed by atoms with Gasteiger partial charge in [-0.25, -0.2) is 9.59 Å². The second kappa shape index (κ2) is 22.8. The molecule has 0 aliphatic rings. The lowest BCUT2D eigenvalue weighted by Crippen LogP contribution is -1.91. The topological polar surface area (TPSA) is 206 Å². The zero-order valence-corrected chi connectivity index (χ0v) is 22.7. The third-order valence-electron chi connectivity index (χ3n) is 2.96. The minimum Gasteiger partial charge on any atom is -0.496 e. The SMILES string of the molecule is CC(C)C.CC(C)C.COc1ccc([N+](=O)[O-])c2ccccc12.Nc1cccnc1.O=C(O)O.O=C(O)O. The molecule has 0 amide bonds. The fourth-order valence-corrected chi connectivity index (χ4v) is 1.97. The van der Waals surface area contributed by atoms with Crippen molar-refractivity contribution in [2.45, 2.75) is 41.5 Å². The molecular weight excluding hydrogens is 498 g/mol. The number of hydrogen-bond acceptors (Lipinski definition) is 7. The van der Waals surface area contributed by atoms with Gasteiger partial charge in [0, 0.05) is 23.8 Å². The van der Waals surface area contributed by atoms with Gasteiger partial charge in [-0.15, -0.1) is 0 Å². The first-order valence-corrected chi connectivity index (χ1v) is 11.3. The predicted molar refractivity (Wildman–Crippen MR) is 148 cm³/mol. The molecule has 0 bridgehead atoms. The summed E-state index contributed by atoms with van der Waals surface area (Å²) in [4.78, 5) is 31.3. The van der Waals surface area contributed by atoms with Gasteiger partial charge in [0.25, 0.3) is 5.69 Å². The number of non-ortho nitro benzene ring substituents is 1. The maximum Gasteiger partial charge on any atom is 0.503 e. The van der Waals surface area contributed by atoms with Crippen molar-refractivity contribution in [1.82, 2.24) is 4.98 Å². The van der Waals surface area contributed by atoms with Crippen molar-refractivity contribution in [2.75, 3.05) is 12.8 Å². The predicted octanol–water partition coefficient (Wildman–Crippen LogP) is 7.19. The number of anilines is 1. The molecule has 0 atom stereocenters. The Morgan fingerprint density at radius 2 is 1.26 bits per heavy atom. The summed E-state index contributed by atoms with van der Waals surface area (Å²) < 4.78 is 5.14. The van der Waals surface area contributed by atoms with Gasteiger partial charge >= 0.3 is 12.3 Å².